The van der Waals surface area contributed by atoms with Crippen molar-refractivity contribution in [1.82, 2.24) is 0 Å². The molecule has 0 aliphatic carbocycles. The van der Waals surface area contributed by atoms with Crippen molar-refractivity contribution >= 4 is 5.97 Å². The lowest BCUT2D eigenvalue weighted by Crippen LogP contribution is -2.21. The highest BCUT2D eigenvalue weighted by molar-refractivity contribution is 5.69. The van der Waals surface area contributed by atoms with Crippen LogP contribution in [0.2, 0.25) is 0 Å². The first kappa shape index (κ1) is 21.4. The predicted octanol–water partition coefficient (Wildman–Crippen LogP) is 3.83. The van der Waals surface area contributed by atoms with Crippen LogP contribution in [0.5, 0.6) is 0 Å². The fourth-order valence-electron chi connectivity index (χ4n) is 2.34. The molecule has 22 heavy (non-hydrogen) atoms. The van der Waals surface area contributed by atoms with Crippen molar-refractivity contribution in [2.45, 2.75) is 90.6 Å². The van der Waals surface area contributed by atoms with Crippen molar-refractivity contribution in [3.63, 3.8) is 0 Å². The Hall–Kier alpha value is -0.610. The highest BCUT2D eigenvalue weighted by atomic mass is 16.5. The van der Waals surface area contributed by atoms with Gasteiger partial charge in [0.25, 0.3) is 0 Å². The Morgan fingerprint density at radius 3 is 2.09 bits per heavy atom. The number of hydrogen-bond acceptors (Lipinski definition) is 4. The molecule has 0 fully saturated rings. The van der Waals surface area contributed by atoms with Crippen LogP contribution in [0.15, 0.2) is 0 Å². The number of rotatable bonds is 15. The molecule has 0 aromatic carbocycles. The third-order valence-electron chi connectivity index (χ3n) is 4.17. The standard InChI is InChI=1S/C18H36O4/c1-3-16(2)12-10-8-6-4-5-7-9-11-13-18(21)22-15-17(20)14-19/h16-17,19-20H,3-15H2,1-2H3/t16-,17-/m1/s1. The van der Waals surface area contributed by atoms with E-state index in [1.165, 1.54) is 51.4 Å². The Kier molecular flexibility index (Phi) is 14.9. The van der Waals surface area contributed by atoms with E-state index in [1.54, 1.807) is 0 Å². The maximum absolute atomic E-state index is 11.3. The third-order valence-corrected chi connectivity index (χ3v) is 4.17. The van der Waals surface area contributed by atoms with Gasteiger partial charge < -0.3 is 14.9 Å². The molecular weight excluding hydrogens is 280 g/mol. The molecule has 0 aliphatic rings. The largest absolute Gasteiger partial charge is 0.463 e. The Bertz CT molecular complexity index is 255. The van der Waals surface area contributed by atoms with Crippen molar-refractivity contribution in [2.75, 3.05) is 13.2 Å². The van der Waals surface area contributed by atoms with Crippen LogP contribution < -0.4 is 0 Å². The van der Waals surface area contributed by atoms with Gasteiger partial charge in [-0.25, -0.2) is 0 Å². The zero-order valence-corrected chi connectivity index (χ0v) is 14.6. The molecule has 0 saturated carbocycles. The van der Waals surface area contributed by atoms with Crippen LogP contribution in [-0.4, -0.2) is 35.5 Å². The van der Waals surface area contributed by atoms with Crippen LogP contribution in [-0.2, 0) is 9.53 Å². The smallest absolute Gasteiger partial charge is 0.305 e. The number of ether oxygens (including phenoxy) is 1. The van der Waals surface area contributed by atoms with Gasteiger partial charge in [0, 0.05) is 6.42 Å². The molecule has 0 saturated heterocycles. The zero-order valence-electron chi connectivity index (χ0n) is 14.6. The Morgan fingerprint density at radius 2 is 1.55 bits per heavy atom. The number of aliphatic hydroxyl groups excluding tert-OH is 2. The van der Waals surface area contributed by atoms with Gasteiger partial charge in [0.15, 0.2) is 0 Å². The van der Waals surface area contributed by atoms with Crippen LogP contribution in [0.1, 0.15) is 84.5 Å². The highest BCUT2D eigenvalue weighted by Crippen LogP contribution is 2.15. The minimum atomic E-state index is -0.954. The number of esters is 1. The minimum absolute atomic E-state index is 0.105. The average Bonchev–Trinajstić information content (AvgIpc) is 2.53. The molecule has 4 heteroatoms. The molecule has 0 radical (unpaired) electrons. The lowest BCUT2D eigenvalue weighted by atomic mass is 9.99. The average molecular weight is 316 g/mol. The summed E-state index contributed by atoms with van der Waals surface area (Å²) in [5, 5.41) is 17.7. The van der Waals surface area contributed by atoms with E-state index in [2.05, 4.69) is 13.8 Å². The quantitative estimate of drug-likeness (QED) is 0.356. The van der Waals surface area contributed by atoms with Gasteiger partial charge in [-0.3, -0.25) is 4.79 Å². The summed E-state index contributed by atoms with van der Waals surface area (Å²) in [4.78, 5) is 11.3. The van der Waals surface area contributed by atoms with Crippen LogP contribution >= 0.6 is 0 Å². The normalized spacial score (nSPS) is 13.8. The molecule has 132 valence electrons. The van der Waals surface area contributed by atoms with Crippen LogP contribution in [0.25, 0.3) is 0 Å². The van der Waals surface area contributed by atoms with Gasteiger partial charge in [0.2, 0.25) is 0 Å². The van der Waals surface area contributed by atoms with E-state index in [9.17, 15) is 4.79 Å². The molecule has 0 amide bonds. The third kappa shape index (κ3) is 14.3. The van der Waals surface area contributed by atoms with E-state index < -0.39 is 6.10 Å². The van der Waals surface area contributed by atoms with Gasteiger partial charge in [-0.2, -0.15) is 0 Å². The second kappa shape index (κ2) is 15.3. The van der Waals surface area contributed by atoms with E-state index in [0.717, 1.165) is 18.8 Å². The van der Waals surface area contributed by atoms with Crippen LogP contribution in [0, 0.1) is 5.92 Å². The van der Waals surface area contributed by atoms with Gasteiger partial charge in [0.05, 0.1) is 6.61 Å². The summed E-state index contributed by atoms with van der Waals surface area (Å²) in [5.41, 5.74) is 0. The van der Waals surface area contributed by atoms with E-state index in [0.29, 0.717) is 6.42 Å². The first-order chi connectivity index (χ1) is 10.6. The summed E-state index contributed by atoms with van der Waals surface area (Å²) in [5.74, 6) is 0.593. The Morgan fingerprint density at radius 1 is 1.00 bits per heavy atom. The molecule has 0 aliphatic heterocycles. The van der Waals surface area contributed by atoms with Gasteiger partial charge in [-0.1, -0.05) is 71.6 Å². The minimum Gasteiger partial charge on any atom is -0.463 e. The molecule has 0 aromatic rings. The monoisotopic (exact) mass is 316 g/mol. The van der Waals surface area contributed by atoms with Crippen molar-refractivity contribution in [3.05, 3.63) is 0 Å². The maximum Gasteiger partial charge on any atom is 0.305 e. The molecular formula is C18H36O4. The molecule has 4 nitrogen and oxygen atoms in total. The lowest BCUT2D eigenvalue weighted by Gasteiger charge is -2.08. The summed E-state index contributed by atoms with van der Waals surface area (Å²) in [6, 6.07) is 0. The molecule has 0 rings (SSSR count). The number of carbonyl (C=O) groups excluding carboxylic acids is 1. The fraction of sp³-hybridized carbons (Fsp3) is 0.944. The predicted molar refractivity (Wildman–Crippen MR) is 89.7 cm³/mol. The van der Waals surface area contributed by atoms with Gasteiger partial charge in [-0.15, -0.1) is 0 Å². The van der Waals surface area contributed by atoms with E-state index in [-0.39, 0.29) is 19.2 Å². The second-order valence-electron chi connectivity index (χ2n) is 6.40. The molecule has 2 N–H and O–H groups in total. The molecule has 2 atom stereocenters. The molecule has 0 bridgehead atoms. The van der Waals surface area contributed by atoms with Crippen molar-refractivity contribution in [3.8, 4) is 0 Å². The van der Waals surface area contributed by atoms with E-state index in [1.807, 2.05) is 0 Å². The first-order valence-corrected chi connectivity index (χ1v) is 9.04. The first-order valence-electron chi connectivity index (χ1n) is 9.04. The summed E-state index contributed by atoms with van der Waals surface area (Å²) in [7, 11) is 0. The van der Waals surface area contributed by atoms with Crippen molar-refractivity contribution in [2.24, 2.45) is 5.92 Å². The number of aliphatic hydroxyl groups is 2. The molecule has 0 unspecified atom stereocenters. The maximum atomic E-state index is 11.3. The topological polar surface area (TPSA) is 66.8 Å². The van der Waals surface area contributed by atoms with Crippen LogP contribution in [0.3, 0.4) is 0 Å². The SMILES string of the molecule is CC[C@@H](C)CCCCCCCCCCC(=O)OC[C@H](O)CO. The number of unbranched alkanes of at least 4 members (excludes halogenated alkanes) is 7. The van der Waals surface area contributed by atoms with Gasteiger partial charge in [-0.05, 0) is 12.3 Å². The fourth-order valence-corrected chi connectivity index (χ4v) is 2.34. The molecule has 0 spiro atoms. The van der Waals surface area contributed by atoms with E-state index in [4.69, 9.17) is 14.9 Å². The molecule has 0 aromatic heterocycles. The summed E-state index contributed by atoms with van der Waals surface area (Å²) in [6.07, 6.45) is 11.8. The zero-order chi connectivity index (χ0) is 16.6. The number of carbonyl (C=O) groups is 1. The Balaban J connectivity index is 3.21. The summed E-state index contributed by atoms with van der Waals surface area (Å²) < 4.78 is 4.85. The Labute approximate surface area is 136 Å². The highest BCUT2D eigenvalue weighted by Gasteiger charge is 2.07. The second-order valence-corrected chi connectivity index (χ2v) is 6.40. The van der Waals surface area contributed by atoms with E-state index >= 15 is 0 Å². The van der Waals surface area contributed by atoms with Crippen LogP contribution in [0.4, 0.5) is 0 Å². The summed E-state index contributed by atoms with van der Waals surface area (Å²) in [6.45, 7) is 4.11. The van der Waals surface area contributed by atoms with Crippen molar-refractivity contribution < 1.29 is 19.7 Å². The van der Waals surface area contributed by atoms with Crippen molar-refractivity contribution in [1.29, 1.82) is 0 Å². The molecule has 0 heterocycles. The number of hydrogen-bond donors (Lipinski definition) is 2. The summed E-state index contributed by atoms with van der Waals surface area (Å²) >= 11 is 0. The van der Waals surface area contributed by atoms with Gasteiger partial charge in [0.1, 0.15) is 12.7 Å². The lowest BCUT2D eigenvalue weighted by molar-refractivity contribution is -0.147. The van der Waals surface area contributed by atoms with Gasteiger partial charge >= 0.3 is 5.97 Å².